The molecule has 2 aromatic carbocycles. The molecule has 2 aromatic rings. The molecule has 1 fully saturated rings. The molecule has 26 heavy (non-hydrogen) atoms. The highest BCUT2D eigenvalue weighted by molar-refractivity contribution is 5.77. The fourth-order valence-electron chi connectivity index (χ4n) is 4.41. The summed E-state index contributed by atoms with van der Waals surface area (Å²) in [4.78, 5) is 15.3. The van der Waals surface area contributed by atoms with Crippen LogP contribution < -0.4 is 0 Å². The highest BCUT2D eigenvalue weighted by Gasteiger charge is 2.46. The Morgan fingerprint density at radius 2 is 2.00 bits per heavy atom. The average molecular weight is 351 g/mol. The number of morpholine rings is 1. The first-order chi connectivity index (χ1) is 12.7. The molecule has 1 N–H and O–H groups in total. The van der Waals surface area contributed by atoms with Crippen LogP contribution in [0.1, 0.15) is 42.6 Å². The second kappa shape index (κ2) is 7.12. The van der Waals surface area contributed by atoms with E-state index in [0.29, 0.717) is 6.42 Å². The number of hydrogen-bond acceptors (Lipinski definition) is 4. The van der Waals surface area contributed by atoms with Crippen LogP contribution in [-0.2, 0) is 22.4 Å². The van der Waals surface area contributed by atoms with Crippen LogP contribution in [0.3, 0.4) is 0 Å². The van der Waals surface area contributed by atoms with Crippen LogP contribution in [0.15, 0.2) is 48.5 Å². The highest BCUT2D eigenvalue weighted by Crippen LogP contribution is 2.41. The fourth-order valence-corrected chi connectivity index (χ4v) is 4.41. The molecule has 1 heterocycles. The van der Waals surface area contributed by atoms with Gasteiger partial charge in [-0.05, 0) is 55.5 Å². The number of rotatable bonds is 4. The van der Waals surface area contributed by atoms with Gasteiger partial charge in [-0.2, -0.15) is 0 Å². The second-order valence-corrected chi connectivity index (χ2v) is 7.29. The van der Waals surface area contributed by atoms with Crippen molar-refractivity contribution in [3.05, 3.63) is 65.2 Å². The van der Waals surface area contributed by atoms with E-state index in [2.05, 4.69) is 24.0 Å². The maximum atomic E-state index is 12.9. The molecule has 4 heteroatoms. The summed E-state index contributed by atoms with van der Waals surface area (Å²) in [6, 6.07) is 15.5. The van der Waals surface area contributed by atoms with Crippen LogP contribution in [0, 0.1) is 0 Å². The van der Waals surface area contributed by atoms with Gasteiger partial charge in [0, 0.05) is 5.56 Å². The highest BCUT2D eigenvalue weighted by atomic mass is 16.6. The van der Waals surface area contributed by atoms with Gasteiger partial charge < -0.3 is 9.84 Å². The van der Waals surface area contributed by atoms with Crippen molar-refractivity contribution in [1.82, 2.24) is 4.90 Å². The van der Waals surface area contributed by atoms with Crippen molar-refractivity contribution >= 4 is 5.97 Å². The molecule has 3 unspecified atom stereocenters. The van der Waals surface area contributed by atoms with Crippen molar-refractivity contribution < 1.29 is 14.6 Å². The predicted octanol–water partition coefficient (Wildman–Crippen LogP) is 3.63. The summed E-state index contributed by atoms with van der Waals surface area (Å²) in [6.45, 7) is 3.03. The SMILES string of the molecule is CCCN1C(Cc2ccccc2)C(=O)OC2c3cc(O)ccc3CCC21. The van der Waals surface area contributed by atoms with Crippen molar-refractivity contribution in [3.63, 3.8) is 0 Å². The lowest BCUT2D eigenvalue weighted by Crippen LogP contribution is -2.58. The standard InChI is InChI=1S/C22H25NO3/c1-2-12-23-19-11-9-16-8-10-17(24)14-18(16)21(19)26-22(25)20(23)13-15-6-4-3-5-7-15/h3-8,10,14,19-21,24H,2,9,11-13H2,1H3. The second-order valence-electron chi connectivity index (χ2n) is 7.29. The Labute approximate surface area is 154 Å². The summed E-state index contributed by atoms with van der Waals surface area (Å²) in [6.07, 6.45) is 3.31. The molecule has 0 saturated carbocycles. The quantitative estimate of drug-likeness (QED) is 0.855. The number of carbonyl (C=O) groups is 1. The van der Waals surface area contributed by atoms with E-state index in [0.717, 1.165) is 36.9 Å². The third kappa shape index (κ3) is 3.10. The summed E-state index contributed by atoms with van der Waals surface area (Å²) in [7, 11) is 0. The maximum Gasteiger partial charge on any atom is 0.324 e. The zero-order valence-electron chi connectivity index (χ0n) is 15.1. The summed E-state index contributed by atoms with van der Waals surface area (Å²) >= 11 is 0. The normalized spacial score (nSPS) is 25.3. The topological polar surface area (TPSA) is 49.8 Å². The van der Waals surface area contributed by atoms with E-state index in [1.165, 1.54) is 5.56 Å². The van der Waals surface area contributed by atoms with Crippen LogP contribution >= 0.6 is 0 Å². The van der Waals surface area contributed by atoms with E-state index in [4.69, 9.17) is 4.74 Å². The summed E-state index contributed by atoms with van der Waals surface area (Å²) in [5.74, 6) is 0.0774. The van der Waals surface area contributed by atoms with E-state index < -0.39 is 0 Å². The van der Waals surface area contributed by atoms with Gasteiger partial charge in [-0.15, -0.1) is 0 Å². The molecule has 3 atom stereocenters. The number of fused-ring (bicyclic) bond motifs is 3. The zero-order valence-corrected chi connectivity index (χ0v) is 15.1. The van der Waals surface area contributed by atoms with E-state index in [1.54, 1.807) is 12.1 Å². The first kappa shape index (κ1) is 17.1. The largest absolute Gasteiger partial charge is 0.508 e. The lowest BCUT2D eigenvalue weighted by molar-refractivity contribution is -0.176. The summed E-state index contributed by atoms with van der Waals surface area (Å²) in [5.41, 5.74) is 3.30. The number of aromatic hydroxyl groups is 1. The predicted molar refractivity (Wildman–Crippen MR) is 100.0 cm³/mol. The van der Waals surface area contributed by atoms with E-state index in [-0.39, 0.29) is 29.9 Å². The average Bonchev–Trinajstić information content (AvgIpc) is 2.65. The summed E-state index contributed by atoms with van der Waals surface area (Å²) in [5, 5.41) is 9.91. The van der Waals surface area contributed by atoms with E-state index in [1.807, 2.05) is 24.3 Å². The molecule has 0 bridgehead atoms. The van der Waals surface area contributed by atoms with Gasteiger partial charge in [0.05, 0.1) is 6.04 Å². The van der Waals surface area contributed by atoms with Crippen LogP contribution in [0.4, 0.5) is 0 Å². The molecular weight excluding hydrogens is 326 g/mol. The third-order valence-corrected chi connectivity index (χ3v) is 5.59. The molecule has 0 spiro atoms. The number of aryl methyl sites for hydroxylation is 1. The lowest BCUT2D eigenvalue weighted by Gasteiger charge is -2.47. The van der Waals surface area contributed by atoms with Gasteiger partial charge in [-0.1, -0.05) is 43.3 Å². The first-order valence-corrected chi connectivity index (χ1v) is 9.49. The Morgan fingerprint density at radius 1 is 1.19 bits per heavy atom. The molecule has 136 valence electrons. The minimum absolute atomic E-state index is 0.153. The Balaban J connectivity index is 1.66. The molecule has 1 aliphatic heterocycles. The van der Waals surface area contributed by atoms with Gasteiger partial charge in [0.1, 0.15) is 17.9 Å². The molecule has 0 radical (unpaired) electrons. The van der Waals surface area contributed by atoms with Gasteiger partial charge >= 0.3 is 5.97 Å². The zero-order chi connectivity index (χ0) is 18.1. The van der Waals surface area contributed by atoms with Gasteiger partial charge in [0.2, 0.25) is 0 Å². The van der Waals surface area contributed by atoms with Crippen molar-refractivity contribution in [3.8, 4) is 5.75 Å². The van der Waals surface area contributed by atoms with Crippen molar-refractivity contribution in [1.29, 1.82) is 0 Å². The monoisotopic (exact) mass is 351 g/mol. The molecular formula is C22H25NO3. The molecule has 0 aromatic heterocycles. The Kier molecular flexibility index (Phi) is 4.68. The number of benzene rings is 2. The number of esters is 1. The lowest BCUT2D eigenvalue weighted by atomic mass is 9.82. The van der Waals surface area contributed by atoms with Crippen molar-refractivity contribution in [2.45, 2.75) is 50.8 Å². The number of ether oxygens (including phenoxy) is 1. The molecule has 4 nitrogen and oxygen atoms in total. The minimum atomic E-state index is -0.281. The van der Waals surface area contributed by atoms with Crippen LogP contribution in [0.2, 0.25) is 0 Å². The van der Waals surface area contributed by atoms with Gasteiger partial charge in [0.25, 0.3) is 0 Å². The fraction of sp³-hybridized carbons (Fsp3) is 0.409. The Bertz CT molecular complexity index is 789. The molecule has 1 saturated heterocycles. The maximum absolute atomic E-state index is 12.9. The smallest absolute Gasteiger partial charge is 0.324 e. The third-order valence-electron chi connectivity index (χ3n) is 5.59. The van der Waals surface area contributed by atoms with E-state index in [9.17, 15) is 9.90 Å². The minimum Gasteiger partial charge on any atom is -0.508 e. The number of phenols is 1. The number of phenolic OH excluding ortho intramolecular Hbond substituents is 1. The molecule has 1 aliphatic carbocycles. The molecule has 2 aliphatic rings. The summed E-state index contributed by atoms with van der Waals surface area (Å²) < 4.78 is 5.94. The number of hydrogen-bond donors (Lipinski definition) is 1. The van der Waals surface area contributed by atoms with Crippen molar-refractivity contribution in [2.24, 2.45) is 0 Å². The molecule has 4 rings (SSSR count). The van der Waals surface area contributed by atoms with Gasteiger partial charge in [0.15, 0.2) is 0 Å². The van der Waals surface area contributed by atoms with Gasteiger partial charge in [-0.3, -0.25) is 9.69 Å². The first-order valence-electron chi connectivity index (χ1n) is 9.49. The van der Waals surface area contributed by atoms with Crippen LogP contribution in [0.5, 0.6) is 5.75 Å². The molecule has 0 amide bonds. The number of nitrogens with zero attached hydrogens (tertiary/aromatic N) is 1. The van der Waals surface area contributed by atoms with Crippen LogP contribution in [-0.4, -0.2) is 34.6 Å². The van der Waals surface area contributed by atoms with E-state index >= 15 is 0 Å². The van der Waals surface area contributed by atoms with Crippen molar-refractivity contribution in [2.75, 3.05) is 6.54 Å². The Morgan fingerprint density at radius 3 is 2.77 bits per heavy atom. The Hall–Kier alpha value is -2.33. The van der Waals surface area contributed by atoms with Gasteiger partial charge in [-0.25, -0.2) is 0 Å². The number of carbonyl (C=O) groups excluding carboxylic acids is 1. The van der Waals surface area contributed by atoms with Crippen LogP contribution in [0.25, 0.3) is 0 Å².